The van der Waals surface area contributed by atoms with Crippen LogP contribution in [0.5, 0.6) is 5.75 Å². The summed E-state index contributed by atoms with van der Waals surface area (Å²) in [6.07, 6.45) is 0.962. The van der Waals surface area contributed by atoms with E-state index in [1.165, 1.54) is 5.56 Å². The van der Waals surface area contributed by atoms with Gasteiger partial charge in [0.1, 0.15) is 5.75 Å². The van der Waals surface area contributed by atoms with Crippen molar-refractivity contribution in [2.75, 3.05) is 11.9 Å². The van der Waals surface area contributed by atoms with E-state index in [2.05, 4.69) is 29.7 Å². The third-order valence-electron chi connectivity index (χ3n) is 4.33. The monoisotopic (exact) mass is 368 g/mol. The van der Waals surface area contributed by atoms with Crippen LogP contribution in [0, 0.1) is 5.92 Å². The van der Waals surface area contributed by atoms with E-state index in [0.717, 1.165) is 17.7 Å². The number of benzene rings is 2. The second kappa shape index (κ2) is 9.76. The molecule has 0 saturated heterocycles. The number of anilines is 1. The fourth-order valence-electron chi connectivity index (χ4n) is 2.79. The number of carbonyl (C=O) groups excluding carboxylic acids is 2. The lowest BCUT2D eigenvalue weighted by molar-refractivity contribution is -0.136. The minimum atomic E-state index is -0.685. The van der Waals surface area contributed by atoms with E-state index in [9.17, 15) is 9.59 Å². The summed E-state index contributed by atoms with van der Waals surface area (Å²) >= 11 is 0. The maximum Gasteiger partial charge on any atom is 0.313 e. The Hall–Kier alpha value is -2.82. The minimum absolute atomic E-state index is 0.153. The van der Waals surface area contributed by atoms with E-state index in [0.29, 0.717) is 12.3 Å². The van der Waals surface area contributed by atoms with E-state index in [1.807, 2.05) is 32.9 Å². The fraction of sp³-hybridized carbons (Fsp3) is 0.364. The number of ether oxygens (including phenoxy) is 1. The summed E-state index contributed by atoms with van der Waals surface area (Å²) in [5.74, 6) is -0.466. The van der Waals surface area contributed by atoms with Crippen LogP contribution >= 0.6 is 0 Å². The molecule has 2 N–H and O–H groups in total. The average Bonchev–Trinajstić information content (AvgIpc) is 2.67. The molecule has 0 spiro atoms. The number of amides is 2. The van der Waals surface area contributed by atoms with Crippen LogP contribution in [-0.4, -0.2) is 18.4 Å². The van der Waals surface area contributed by atoms with Crippen LogP contribution in [0.4, 0.5) is 5.69 Å². The molecule has 0 aliphatic rings. The quantitative estimate of drug-likeness (QED) is 0.723. The Morgan fingerprint density at radius 3 is 2.07 bits per heavy atom. The summed E-state index contributed by atoms with van der Waals surface area (Å²) in [6, 6.07) is 14.8. The Kier molecular flexibility index (Phi) is 7.41. The van der Waals surface area contributed by atoms with Crippen LogP contribution in [0.1, 0.15) is 44.9 Å². The topological polar surface area (TPSA) is 67.4 Å². The van der Waals surface area contributed by atoms with Crippen molar-refractivity contribution < 1.29 is 14.3 Å². The van der Waals surface area contributed by atoms with Gasteiger partial charge in [-0.1, -0.05) is 45.0 Å². The van der Waals surface area contributed by atoms with E-state index in [4.69, 9.17) is 4.74 Å². The van der Waals surface area contributed by atoms with Crippen LogP contribution in [0.2, 0.25) is 0 Å². The Balaban J connectivity index is 2.02. The van der Waals surface area contributed by atoms with Crippen LogP contribution in [0.3, 0.4) is 0 Å². The van der Waals surface area contributed by atoms with Gasteiger partial charge in [-0.25, -0.2) is 0 Å². The van der Waals surface area contributed by atoms with Crippen molar-refractivity contribution in [2.24, 2.45) is 5.92 Å². The summed E-state index contributed by atoms with van der Waals surface area (Å²) < 4.78 is 5.37. The molecule has 0 bridgehead atoms. The normalized spacial score (nSPS) is 11.7. The molecule has 2 aromatic rings. The third kappa shape index (κ3) is 5.84. The Morgan fingerprint density at radius 1 is 0.926 bits per heavy atom. The first-order valence-electron chi connectivity index (χ1n) is 9.38. The van der Waals surface area contributed by atoms with Crippen molar-refractivity contribution >= 4 is 17.5 Å². The number of carbonyl (C=O) groups is 2. The zero-order valence-electron chi connectivity index (χ0n) is 16.4. The van der Waals surface area contributed by atoms with Crippen molar-refractivity contribution in [2.45, 2.75) is 40.2 Å². The molecule has 144 valence electrons. The molecule has 5 heteroatoms. The minimum Gasteiger partial charge on any atom is -0.494 e. The zero-order valence-corrected chi connectivity index (χ0v) is 16.4. The smallest absolute Gasteiger partial charge is 0.313 e. The molecule has 2 aromatic carbocycles. The van der Waals surface area contributed by atoms with E-state index in [1.54, 1.807) is 24.3 Å². The SMILES string of the molecule is CCOc1ccc(NC(=O)C(=O)NC(c2ccc(CC)cc2)C(C)C)cc1. The lowest BCUT2D eigenvalue weighted by Crippen LogP contribution is -2.39. The maximum atomic E-state index is 12.4. The van der Waals surface area contributed by atoms with E-state index in [-0.39, 0.29) is 12.0 Å². The molecule has 0 aliphatic heterocycles. The maximum absolute atomic E-state index is 12.4. The number of hydrogen-bond acceptors (Lipinski definition) is 3. The van der Waals surface area contributed by atoms with Crippen molar-refractivity contribution in [1.29, 1.82) is 0 Å². The average molecular weight is 368 g/mol. The van der Waals surface area contributed by atoms with Gasteiger partial charge in [-0.2, -0.15) is 0 Å². The molecular formula is C22H28N2O3. The molecule has 2 amide bonds. The number of aryl methyl sites for hydroxylation is 1. The van der Waals surface area contributed by atoms with Crippen molar-refractivity contribution in [3.63, 3.8) is 0 Å². The van der Waals surface area contributed by atoms with Crippen molar-refractivity contribution in [3.8, 4) is 5.75 Å². The standard InChI is InChI=1S/C22H28N2O3/c1-5-16-7-9-17(10-8-16)20(15(3)4)24-22(26)21(25)23-18-11-13-19(14-12-18)27-6-2/h7-15,20H,5-6H2,1-4H3,(H,23,25)(H,24,26). The van der Waals surface area contributed by atoms with Crippen molar-refractivity contribution in [1.82, 2.24) is 5.32 Å². The molecule has 2 rings (SSSR count). The molecule has 1 unspecified atom stereocenters. The molecule has 0 aromatic heterocycles. The summed E-state index contributed by atoms with van der Waals surface area (Å²) in [5.41, 5.74) is 2.78. The highest BCUT2D eigenvalue weighted by Crippen LogP contribution is 2.22. The van der Waals surface area contributed by atoms with Crippen LogP contribution in [0.25, 0.3) is 0 Å². The highest BCUT2D eigenvalue weighted by Gasteiger charge is 2.22. The molecule has 1 atom stereocenters. The van der Waals surface area contributed by atoms with Gasteiger partial charge in [0.25, 0.3) is 0 Å². The third-order valence-corrected chi connectivity index (χ3v) is 4.33. The molecule has 27 heavy (non-hydrogen) atoms. The van der Waals surface area contributed by atoms with E-state index >= 15 is 0 Å². The largest absolute Gasteiger partial charge is 0.494 e. The summed E-state index contributed by atoms with van der Waals surface area (Å²) in [7, 11) is 0. The van der Waals surface area contributed by atoms with Crippen LogP contribution in [0.15, 0.2) is 48.5 Å². The van der Waals surface area contributed by atoms with E-state index < -0.39 is 11.8 Å². The summed E-state index contributed by atoms with van der Waals surface area (Å²) in [4.78, 5) is 24.6. The predicted octanol–water partition coefficient (Wildman–Crippen LogP) is 4.10. The molecule has 0 aliphatic carbocycles. The molecular weight excluding hydrogens is 340 g/mol. The van der Waals surface area contributed by atoms with Gasteiger partial charge in [-0.3, -0.25) is 9.59 Å². The summed E-state index contributed by atoms with van der Waals surface area (Å²) in [5, 5.41) is 5.46. The van der Waals surface area contributed by atoms with Gasteiger partial charge in [-0.05, 0) is 54.7 Å². The molecule has 0 saturated carbocycles. The second-order valence-corrected chi connectivity index (χ2v) is 6.70. The number of rotatable bonds is 7. The van der Waals surface area contributed by atoms with Gasteiger partial charge < -0.3 is 15.4 Å². The molecule has 0 radical (unpaired) electrons. The zero-order chi connectivity index (χ0) is 19.8. The highest BCUT2D eigenvalue weighted by molar-refractivity contribution is 6.39. The Bertz CT molecular complexity index is 752. The number of nitrogens with one attached hydrogen (secondary N) is 2. The lowest BCUT2D eigenvalue weighted by atomic mass is 9.95. The highest BCUT2D eigenvalue weighted by atomic mass is 16.5. The fourth-order valence-corrected chi connectivity index (χ4v) is 2.79. The van der Waals surface area contributed by atoms with Crippen molar-refractivity contribution in [3.05, 3.63) is 59.7 Å². The first kappa shape index (κ1) is 20.5. The van der Waals surface area contributed by atoms with Crippen LogP contribution < -0.4 is 15.4 Å². The Labute approximate surface area is 161 Å². The molecule has 0 fully saturated rings. The van der Waals surface area contributed by atoms with Gasteiger partial charge in [0.05, 0.1) is 12.6 Å². The first-order chi connectivity index (χ1) is 12.9. The van der Waals surface area contributed by atoms with Gasteiger partial charge in [0.15, 0.2) is 0 Å². The predicted molar refractivity (Wildman–Crippen MR) is 108 cm³/mol. The second-order valence-electron chi connectivity index (χ2n) is 6.70. The van der Waals surface area contributed by atoms with Gasteiger partial charge >= 0.3 is 11.8 Å². The van der Waals surface area contributed by atoms with Gasteiger partial charge in [0, 0.05) is 5.69 Å². The van der Waals surface area contributed by atoms with Gasteiger partial charge in [0.2, 0.25) is 0 Å². The Morgan fingerprint density at radius 2 is 1.56 bits per heavy atom. The lowest BCUT2D eigenvalue weighted by Gasteiger charge is -2.23. The first-order valence-corrected chi connectivity index (χ1v) is 9.38. The van der Waals surface area contributed by atoms with Crippen LogP contribution in [-0.2, 0) is 16.0 Å². The molecule has 5 nitrogen and oxygen atoms in total. The molecule has 0 heterocycles. The van der Waals surface area contributed by atoms with Gasteiger partial charge in [-0.15, -0.1) is 0 Å². The summed E-state index contributed by atoms with van der Waals surface area (Å²) in [6.45, 7) is 8.61. The number of hydrogen-bond donors (Lipinski definition) is 2.